The zero-order valence-corrected chi connectivity index (χ0v) is 7.92. The molecular formula is C9H16N2O2. The van der Waals surface area contributed by atoms with Crippen molar-refractivity contribution in [1.29, 1.82) is 0 Å². The maximum Gasteiger partial charge on any atom is 0.236 e. The lowest BCUT2D eigenvalue weighted by atomic mass is 9.97. The van der Waals surface area contributed by atoms with Crippen LogP contribution in [0.25, 0.3) is 0 Å². The Morgan fingerprint density at radius 1 is 1.77 bits per heavy atom. The Balaban J connectivity index is 2.16. The number of aliphatic hydroxyl groups is 1. The summed E-state index contributed by atoms with van der Waals surface area (Å²) in [5, 5.41) is 12.3. The number of likely N-dealkylation sites (tertiary alicyclic amines) is 1. The summed E-state index contributed by atoms with van der Waals surface area (Å²) in [6.07, 6.45) is 1.71. The monoisotopic (exact) mass is 184 g/mol. The van der Waals surface area contributed by atoms with E-state index in [-0.39, 0.29) is 5.91 Å². The van der Waals surface area contributed by atoms with Gasteiger partial charge in [-0.25, -0.2) is 0 Å². The molecule has 1 saturated heterocycles. The molecule has 1 aliphatic heterocycles. The smallest absolute Gasteiger partial charge is 0.236 e. The van der Waals surface area contributed by atoms with Crippen LogP contribution < -0.4 is 5.32 Å². The van der Waals surface area contributed by atoms with Crippen molar-refractivity contribution in [2.45, 2.75) is 12.5 Å². The van der Waals surface area contributed by atoms with Crippen LogP contribution in [0, 0.1) is 0 Å². The van der Waals surface area contributed by atoms with Gasteiger partial charge in [0, 0.05) is 6.54 Å². The first-order valence-corrected chi connectivity index (χ1v) is 4.37. The van der Waals surface area contributed by atoms with Crippen LogP contribution in [0.5, 0.6) is 0 Å². The second-order valence-electron chi connectivity index (χ2n) is 3.67. The Hall–Kier alpha value is -0.870. The molecule has 0 saturated carbocycles. The number of hydrogen-bond donors (Lipinski definition) is 2. The van der Waals surface area contributed by atoms with Crippen LogP contribution in [-0.2, 0) is 4.79 Å². The van der Waals surface area contributed by atoms with Crippen molar-refractivity contribution in [1.82, 2.24) is 10.2 Å². The molecule has 0 aromatic heterocycles. The van der Waals surface area contributed by atoms with E-state index in [1.165, 1.54) is 0 Å². The lowest BCUT2D eigenvalue weighted by Crippen LogP contribution is -2.63. The highest BCUT2D eigenvalue weighted by Crippen LogP contribution is 2.18. The van der Waals surface area contributed by atoms with E-state index in [4.69, 9.17) is 0 Å². The van der Waals surface area contributed by atoms with Gasteiger partial charge in [-0.3, -0.25) is 4.79 Å². The summed E-state index contributed by atoms with van der Waals surface area (Å²) in [7, 11) is 0. The summed E-state index contributed by atoms with van der Waals surface area (Å²) < 4.78 is 0. The van der Waals surface area contributed by atoms with E-state index < -0.39 is 5.60 Å². The minimum Gasteiger partial charge on any atom is -0.386 e. The van der Waals surface area contributed by atoms with Crippen molar-refractivity contribution in [3.8, 4) is 0 Å². The van der Waals surface area contributed by atoms with E-state index >= 15 is 0 Å². The zero-order valence-electron chi connectivity index (χ0n) is 7.92. The fraction of sp³-hybridized carbons (Fsp3) is 0.667. The molecule has 1 heterocycles. The number of nitrogens with zero attached hydrogens (tertiary/aromatic N) is 1. The summed E-state index contributed by atoms with van der Waals surface area (Å²) in [6.45, 7) is 7.11. The molecule has 1 amide bonds. The van der Waals surface area contributed by atoms with Crippen molar-refractivity contribution in [2.24, 2.45) is 0 Å². The van der Waals surface area contributed by atoms with Crippen LogP contribution in [0.2, 0.25) is 0 Å². The molecule has 0 spiro atoms. The predicted octanol–water partition coefficient (Wildman–Crippen LogP) is -0.645. The predicted molar refractivity (Wildman–Crippen MR) is 50.3 cm³/mol. The first kappa shape index (κ1) is 10.2. The summed E-state index contributed by atoms with van der Waals surface area (Å²) in [5.74, 6) is 0.0355. The third-order valence-electron chi connectivity index (χ3n) is 1.98. The van der Waals surface area contributed by atoms with E-state index in [0.717, 1.165) is 0 Å². The van der Waals surface area contributed by atoms with Crippen LogP contribution in [-0.4, -0.2) is 47.7 Å². The highest BCUT2D eigenvalue weighted by molar-refractivity contribution is 5.79. The number of amides is 1. The standard InChI is InChI=1S/C9H16N2O2/c1-3-4-10-5-8(12)11-6-9(2,13)7-11/h3,10,13H,1,4-7H2,2H3. The number of carbonyl (C=O) groups is 1. The molecular weight excluding hydrogens is 168 g/mol. The van der Waals surface area contributed by atoms with Gasteiger partial charge in [0.2, 0.25) is 5.91 Å². The Morgan fingerprint density at radius 2 is 2.38 bits per heavy atom. The number of rotatable bonds is 4. The molecule has 1 fully saturated rings. The van der Waals surface area contributed by atoms with E-state index in [9.17, 15) is 9.90 Å². The minimum atomic E-state index is -0.673. The highest BCUT2D eigenvalue weighted by Gasteiger charge is 2.38. The van der Waals surface area contributed by atoms with Crippen LogP contribution in [0.3, 0.4) is 0 Å². The molecule has 0 aromatic rings. The Labute approximate surface area is 78.2 Å². The topological polar surface area (TPSA) is 52.6 Å². The molecule has 74 valence electrons. The molecule has 0 bridgehead atoms. The van der Waals surface area contributed by atoms with Crippen molar-refractivity contribution < 1.29 is 9.90 Å². The first-order chi connectivity index (χ1) is 6.05. The van der Waals surface area contributed by atoms with Crippen molar-refractivity contribution >= 4 is 5.91 Å². The molecule has 0 atom stereocenters. The number of carbonyl (C=O) groups excluding carboxylic acids is 1. The summed E-state index contributed by atoms with van der Waals surface area (Å²) in [6, 6.07) is 0. The zero-order chi connectivity index (χ0) is 9.90. The third-order valence-corrected chi connectivity index (χ3v) is 1.98. The van der Waals surface area contributed by atoms with Gasteiger partial charge in [-0.1, -0.05) is 6.08 Å². The van der Waals surface area contributed by atoms with Gasteiger partial charge in [0.25, 0.3) is 0 Å². The van der Waals surface area contributed by atoms with Crippen LogP contribution in [0.15, 0.2) is 12.7 Å². The van der Waals surface area contributed by atoms with Gasteiger partial charge in [-0.2, -0.15) is 0 Å². The number of β-amino-alcohol motifs (C(OH)–C–C–N with tert-alkyl or cyclic N) is 1. The summed E-state index contributed by atoms with van der Waals surface area (Å²) in [5.41, 5.74) is -0.673. The molecule has 0 aliphatic carbocycles. The maximum atomic E-state index is 11.3. The fourth-order valence-corrected chi connectivity index (χ4v) is 1.35. The average molecular weight is 184 g/mol. The highest BCUT2D eigenvalue weighted by atomic mass is 16.3. The molecule has 1 rings (SSSR count). The van der Waals surface area contributed by atoms with E-state index in [1.807, 2.05) is 0 Å². The van der Waals surface area contributed by atoms with Gasteiger partial charge in [0.1, 0.15) is 0 Å². The molecule has 0 aromatic carbocycles. The van der Waals surface area contributed by atoms with Crippen molar-refractivity contribution in [2.75, 3.05) is 26.2 Å². The third kappa shape index (κ3) is 2.82. The van der Waals surface area contributed by atoms with Crippen molar-refractivity contribution in [3.05, 3.63) is 12.7 Å². The molecule has 0 unspecified atom stereocenters. The Kier molecular flexibility index (Phi) is 3.06. The molecule has 0 radical (unpaired) electrons. The Bertz CT molecular complexity index is 206. The van der Waals surface area contributed by atoms with E-state index in [1.54, 1.807) is 17.9 Å². The van der Waals surface area contributed by atoms with Crippen molar-refractivity contribution in [3.63, 3.8) is 0 Å². The first-order valence-electron chi connectivity index (χ1n) is 4.37. The Morgan fingerprint density at radius 3 is 2.85 bits per heavy atom. The van der Waals surface area contributed by atoms with Crippen LogP contribution in [0.4, 0.5) is 0 Å². The lowest BCUT2D eigenvalue weighted by molar-refractivity contribution is -0.151. The molecule has 4 heteroatoms. The van der Waals surface area contributed by atoms with E-state index in [0.29, 0.717) is 26.2 Å². The van der Waals surface area contributed by atoms with Crippen LogP contribution >= 0.6 is 0 Å². The van der Waals surface area contributed by atoms with Gasteiger partial charge in [0.15, 0.2) is 0 Å². The summed E-state index contributed by atoms with van der Waals surface area (Å²) >= 11 is 0. The van der Waals surface area contributed by atoms with Gasteiger partial charge < -0.3 is 15.3 Å². The van der Waals surface area contributed by atoms with Gasteiger partial charge in [-0.05, 0) is 6.92 Å². The fourth-order valence-electron chi connectivity index (χ4n) is 1.35. The average Bonchev–Trinajstić information content (AvgIpc) is 2.00. The van der Waals surface area contributed by atoms with E-state index in [2.05, 4.69) is 11.9 Å². The lowest BCUT2D eigenvalue weighted by Gasteiger charge is -2.44. The molecule has 1 aliphatic rings. The normalized spacial score (nSPS) is 19.4. The molecule has 4 nitrogen and oxygen atoms in total. The number of nitrogens with one attached hydrogen (secondary N) is 1. The molecule has 2 N–H and O–H groups in total. The molecule has 13 heavy (non-hydrogen) atoms. The largest absolute Gasteiger partial charge is 0.386 e. The summed E-state index contributed by atoms with van der Waals surface area (Å²) in [4.78, 5) is 12.9. The second kappa shape index (κ2) is 3.89. The maximum absolute atomic E-state index is 11.3. The second-order valence-corrected chi connectivity index (χ2v) is 3.67. The SMILES string of the molecule is C=CCNCC(=O)N1CC(C)(O)C1. The van der Waals surface area contributed by atoms with Gasteiger partial charge in [-0.15, -0.1) is 6.58 Å². The number of hydrogen-bond acceptors (Lipinski definition) is 3. The van der Waals surface area contributed by atoms with Gasteiger partial charge >= 0.3 is 0 Å². The minimum absolute atomic E-state index is 0.0355. The van der Waals surface area contributed by atoms with Crippen LogP contribution in [0.1, 0.15) is 6.92 Å². The quantitative estimate of drug-likeness (QED) is 0.451. The van der Waals surface area contributed by atoms with Gasteiger partial charge in [0.05, 0.1) is 25.2 Å².